The number of benzene rings is 2. The van der Waals surface area contributed by atoms with Gasteiger partial charge in [-0.05, 0) is 24.1 Å². The summed E-state index contributed by atoms with van der Waals surface area (Å²) >= 11 is 0. The van der Waals surface area contributed by atoms with E-state index in [0.717, 1.165) is 18.2 Å². The molecule has 3 N–H and O–H groups in total. The van der Waals surface area contributed by atoms with E-state index < -0.39 is 35.2 Å². The van der Waals surface area contributed by atoms with E-state index in [2.05, 4.69) is 15.6 Å². The van der Waals surface area contributed by atoms with E-state index in [4.69, 9.17) is 0 Å². The highest BCUT2D eigenvalue weighted by molar-refractivity contribution is 6.40. The number of aromatic amines is 1. The second kappa shape index (κ2) is 7.90. The Morgan fingerprint density at radius 1 is 1.00 bits per heavy atom. The van der Waals surface area contributed by atoms with Gasteiger partial charge in [-0.25, -0.2) is 8.78 Å². The second-order valence-electron chi connectivity index (χ2n) is 6.13. The van der Waals surface area contributed by atoms with Crippen molar-refractivity contribution in [2.75, 3.05) is 11.9 Å². The van der Waals surface area contributed by atoms with Crippen molar-refractivity contribution in [1.29, 1.82) is 0 Å². The van der Waals surface area contributed by atoms with Crippen LogP contribution in [0.15, 0.2) is 42.6 Å². The van der Waals surface area contributed by atoms with E-state index in [1.807, 2.05) is 0 Å². The van der Waals surface area contributed by atoms with Crippen LogP contribution in [0.5, 0.6) is 0 Å². The van der Waals surface area contributed by atoms with Crippen LogP contribution in [-0.4, -0.2) is 23.3 Å². The van der Waals surface area contributed by atoms with Crippen molar-refractivity contribution < 1.29 is 31.5 Å². The second-order valence-corrected chi connectivity index (χ2v) is 6.13. The molecule has 2 amide bonds. The quantitative estimate of drug-likeness (QED) is 0.452. The summed E-state index contributed by atoms with van der Waals surface area (Å²) in [5.74, 6) is -4.37. The Bertz CT molecular complexity index is 1080. The predicted molar refractivity (Wildman–Crippen MR) is 95.0 cm³/mol. The zero-order valence-corrected chi connectivity index (χ0v) is 14.7. The number of amides is 2. The first-order chi connectivity index (χ1) is 13.7. The number of carbonyl (C=O) groups excluding carboxylic acids is 2. The fourth-order valence-electron chi connectivity index (χ4n) is 2.81. The predicted octanol–water partition coefficient (Wildman–Crippen LogP) is 3.76. The lowest BCUT2D eigenvalue weighted by atomic mass is 10.0. The Balaban J connectivity index is 1.61. The summed E-state index contributed by atoms with van der Waals surface area (Å²) in [6.07, 6.45) is -3.40. The molecule has 0 fully saturated rings. The van der Waals surface area contributed by atoms with Gasteiger partial charge >= 0.3 is 18.0 Å². The standard InChI is InChI=1S/C19H14F5N3O2/c20-13-7-11-15(8-14(13)21)26-9-16(11)27-18(29)17(28)25-6-5-10-3-1-2-4-12(10)19(22,23)24/h1-4,7-9,26H,5-6H2,(H,25,28)(H,27,29). The molecule has 0 spiro atoms. The van der Waals surface area contributed by atoms with Gasteiger partial charge in [-0.3, -0.25) is 9.59 Å². The lowest BCUT2D eigenvalue weighted by molar-refractivity contribution is -0.138. The van der Waals surface area contributed by atoms with Gasteiger partial charge in [0.25, 0.3) is 0 Å². The average molecular weight is 411 g/mol. The zero-order chi connectivity index (χ0) is 21.2. The molecule has 29 heavy (non-hydrogen) atoms. The molecule has 0 aliphatic carbocycles. The SMILES string of the molecule is O=C(NCCc1ccccc1C(F)(F)F)C(=O)Nc1c[nH]c2cc(F)c(F)cc12. The van der Waals surface area contributed by atoms with Crippen molar-refractivity contribution in [1.82, 2.24) is 10.3 Å². The summed E-state index contributed by atoms with van der Waals surface area (Å²) in [5, 5.41) is 4.63. The highest BCUT2D eigenvalue weighted by Gasteiger charge is 2.32. The number of hydrogen-bond donors (Lipinski definition) is 3. The molecule has 0 bridgehead atoms. The molecule has 0 unspecified atom stereocenters. The monoisotopic (exact) mass is 411 g/mol. The van der Waals surface area contributed by atoms with Crippen LogP contribution in [0.1, 0.15) is 11.1 Å². The Hall–Kier alpha value is -3.43. The fraction of sp³-hybridized carbons (Fsp3) is 0.158. The van der Waals surface area contributed by atoms with Crippen LogP contribution in [0.4, 0.5) is 27.6 Å². The lowest BCUT2D eigenvalue weighted by Gasteiger charge is -2.12. The number of halogens is 5. The van der Waals surface area contributed by atoms with Crippen LogP contribution >= 0.6 is 0 Å². The molecule has 0 atom stereocenters. The molecule has 0 saturated heterocycles. The molecule has 2 aromatic carbocycles. The highest BCUT2D eigenvalue weighted by atomic mass is 19.4. The number of fused-ring (bicyclic) bond motifs is 1. The van der Waals surface area contributed by atoms with Gasteiger partial charge in [0.2, 0.25) is 0 Å². The number of nitrogens with one attached hydrogen (secondary N) is 3. The van der Waals surface area contributed by atoms with Gasteiger partial charge in [-0.2, -0.15) is 13.2 Å². The van der Waals surface area contributed by atoms with E-state index in [1.165, 1.54) is 24.4 Å². The first-order valence-corrected chi connectivity index (χ1v) is 8.37. The minimum atomic E-state index is -4.53. The largest absolute Gasteiger partial charge is 0.416 e. The van der Waals surface area contributed by atoms with Crippen LogP contribution in [0.2, 0.25) is 0 Å². The van der Waals surface area contributed by atoms with Crippen molar-refractivity contribution in [2.45, 2.75) is 12.6 Å². The summed E-state index contributed by atoms with van der Waals surface area (Å²) < 4.78 is 65.5. The molecule has 0 saturated carbocycles. The van der Waals surface area contributed by atoms with E-state index >= 15 is 0 Å². The first-order valence-electron chi connectivity index (χ1n) is 8.37. The van der Waals surface area contributed by atoms with E-state index in [-0.39, 0.29) is 35.1 Å². The molecule has 3 aromatic rings. The van der Waals surface area contributed by atoms with Gasteiger partial charge in [0.15, 0.2) is 11.6 Å². The molecule has 5 nitrogen and oxygen atoms in total. The van der Waals surface area contributed by atoms with Crippen LogP contribution in [0, 0.1) is 11.6 Å². The smallest absolute Gasteiger partial charge is 0.359 e. The number of H-pyrrole nitrogens is 1. The summed E-state index contributed by atoms with van der Waals surface area (Å²) in [6, 6.07) is 6.69. The van der Waals surface area contributed by atoms with Gasteiger partial charge in [-0.15, -0.1) is 0 Å². The lowest BCUT2D eigenvalue weighted by Crippen LogP contribution is -2.36. The molecule has 0 aliphatic rings. The minimum absolute atomic E-state index is 0.0187. The van der Waals surface area contributed by atoms with Gasteiger partial charge in [0.05, 0.1) is 16.8 Å². The van der Waals surface area contributed by atoms with Gasteiger partial charge in [-0.1, -0.05) is 18.2 Å². The summed E-state index contributed by atoms with van der Waals surface area (Å²) in [6.45, 7) is -0.201. The van der Waals surface area contributed by atoms with Crippen molar-refractivity contribution in [3.63, 3.8) is 0 Å². The third-order valence-electron chi connectivity index (χ3n) is 4.18. The maximum atomic E-state index is 13.4. The number of anilines is 1. The van der Waals surface area contributed by atoms with Crippen LogP contribution in [0.3, 0.4) is 0 Å². The van der Waals surface area contributed by atoms with Crippen molar-refractivity contribution in [3.05, 3.63) is 65.4 Å². The summed E-state index contributed by atoms with van der Waals surface area (Å²) in [7, 11) is 0. The molecular formula is C19H14F5N3O2. The topological polar surface area (TPSA) is 74.0 Å². The molecule has 10 heteroatoms. The number of hydrogen-bond acceptors (Lipinski definition) is 2. The van der Waals surface area contributed by atoms with Gasteiger partial charge in [0.1, 0.15) is 0 Å². The van der Waals surface area contributed by atoms with Gasteiger partial charge < -0.3 is 15.6 Å². The molecule has 3 rings (SSSR count). The number of carbonyl (C=O) groups is 2. The Labute approximate surface area is 160 Å². The van der Waals surface area contributed by atoms with Crippen molar-refractivity contribution in [2.24, 2.45) is 0 Å². The Morgan fingerprint density at radius 2 is 1.69 bits per heavy atom. The van der Waals surface area contributed by atoms with E-state index in [9.17, 15) is 31.5 Å². The number of alkyl halides is 3. The first kappa shape index (κ1) is 20.3. The normalized spacial score (nSPS) is 11.5. The summed E-state index contributed by atoms with van der Waals surface area (Å²) in [5.41, 5.74) is -0.563. The Kier molecular flexibility index (Phi) is 5.53. The zero-order valence-electron chi connectivity index (χ0n) is 14.7. The number of aromatic nitrogens is 1. The maximum Gasteiger partial charge on any atom is 0.416 e. The Morgan fingerprint density at radius 3 is 2.41 bits per heavy atom. The fourth-order valence-corrected chi connectivity index (χ4v) is 2.81. The summed E-state index contributed by atoms with van der Waals surface area (Å²) in [4.78, 5) is 26.5. The molecular weight excluding hydrogens is 397 g/mol. The van der Waals surface area contributed by atoms with Crippen LogP contribution in [-0.2, 0) is 22.2 Å². The molecule has 0 aliphatic heterocycles. The van der Waals surface area contributed by atoms with Crippen LogP contribution in [0.25, 0.3) is 10.9 Å². The third-order valence-corrected chi connectivity index (χ3v) is 4.18. The van der Waals surface area contributed by atoms with Crippen LogP contribution < -0.4 is 10.6 Å². The van der Waals surface area contributed by atoms with Gasteiger partial charge in [0, 0.05) is 24.2 Å². The van der Waals surface area contributed by atoms with Crippen molar-refractivity contribution in [3.8, 4) is 0 Å². The maximum absolute atomic E-state index is 13.4. The minimum Gasteiger partial charge on any atom is -0.359 e. The molecule has 1 aromatic heterocycles. The third kappa shape index (κ3) is 4.53. The molecule has 152 valence electrons. The average Bonchev–Trinajstić information content (AvgIpc) is 3.03. The van der Waals surface area contributed by atoms with E-state index in [0.29, 0.717) is 0 Å². The van der Waals surface area contributed by atoms with Crippen molar-refractivity contribution >= 4 is 28.4 Å². The number of rotatable bonds is 4. The molecule has 1 heterocycles. The van der Waals surface area contributed by atoms with E-state index in [1.54, 1.807) is 0 Å². The molecule has 0 radical (unpaired) electrons. The highest BCUT2D eigenvalue weighted by Crippen LogP contribution is 2.32.